The third-order valence-electron chi connectivity index (χ3n) is 6.82. The molecular formula is C21H33N3. The molecule has 132 valence electrons. The monoisotopic (exact) mass is 327 g/mol. The number of rotatable bonds is 5. The van der Waals surface area contributed by atoms with Gasteiger partial charge in [-0.25, -0.2) is 0 Å². The van der Waals surface area contributed by atoms with E-state index in [1.807, 2.05) is 0 Å². The molecule has 0 radical (unpaired) electrons. The normalized spacial score (nSPS) is 37.2. The van der Waals surface area contributed by atoms with E-state index in [4.69, 9.17) is 0 Å². The highest BCUT2D eigenvalue weighted by Gasteiger charge is 2.38. The molecule has 4 unspecified atom stereocenters. The molecule has 0 amide bonds. The van der Waals surface area contributed by atoms with Crippen molar-refractivity contribution >= 4 is 0 Å². The zero-order valence-corrected chi connectivity index (χ0v) is 15.3. The minimum atomic E-state index is 0.682. The Labute approximate surface area is 147 Å². The molecule has 1 aromatic rings. The van der Waals surface area contributed by atoms with E-state index in [0.29, 0.717) is 12.1 Å². The van der Waals surface area contributed by atoms with E-state index in [1.165, 1.54) is 50.8 Å². The SMILES string of the molecule is CC1CC(NCC2CC3CCC(C2)N3C)CN1Cc1ccccc1. The van der Waals surface area contributed by atoms with E-state index in [0.717, 1.165) is 24.5 Å². The average molecular weight is 328 g/mol. The first-order chi connectivity index (χ1) is 11.7. The van der Waals surface area contributed by atoms with E-state index in [9.17, 15) is 0 Å². The molecule has 0 spiro atoms. The second-order valence-electron chi connectivity index (χ2n) is 8.49. The number of piperidine rings is 1. The van der Waals surface area contributed by atoms with E-state index < -0.39 is 0 Å². The van der Waals surface area contributed by atoms with Gasteiger partial charge in [-0.15, -0.1) is 0 Å². The summed E-state index contributed by atoms with van der Waals surface area (Å²) in [5.41, 5.74) is 1.44. The number of hydrogen-bond donors (Lipinski definition) is 1. The van der Waals surface area contributed by atoms with Crippen LogP contribution in [0.2, 0.25) is 0 Å². The number of benzene rings is 1. The van der Waals surface area contributed by atoms with E-state index in [2.05, 4.69) is 59.4 Å². The third kappa shape index (κ3) is 3.54. The maximum atomic E-state index is 3.92. The number of nitrogens with zero attached hydrogens (tertiary/aromatic N) is 2. The van der Waals surface area contributed by atoms with Crippen LogP contribution >= 0.6 is 0 Å². The summed E-state index contributed by atoms with van der Waals surface area (Å²) in [4.78, 5) is 5.29. The fourth-order valence-electron chi connectivity index (χ4n) is 5.31. The van der Waals surface area contributed by atoms with Crippen molar-refractivity contribution in [1.29, 1.82) is 0 Å². The standard InChI is InChI=1S/C21H33N3/c1-16-10-19(15-24(16)14-17-6-4-3-5-7-17)22-13-18-11-20-8-9-21(12-18)23(20)2/h3-7,16,18-22H,8-15H2,1-2H3. The van der Waals surface area contributed by atoms with Crippen molar-refractivity contribution in [3.8, 4) is 0 Å². The van der Waals surface area contributed by atoms with Crippen LogP contribution < -0.4 is 5.32 Å². The van der Waals surface area contributed by atoms with Gasteiger partial charge in [-0.1, -0.05) is 30.3 Å². The zero-order chi connectivity index (χ0) is 16.5. The summed E-state index contributed by atoms with van der Waals surface area (Å²) in [6.45, 7) is 5.92. The molecule has 3 heteroatoms. The van der Waals surface area contributed by atoms with Crippen molar-refractivity contribution in [3.05, 3.63) is 35.9 Å². The van der Waals surface area contributed by atoms with Gasteiger partial charge in [-0.05, 0) is 64.1 Å². The van der Waals surface area contributed by atoms with Crippen molar-refractivity contribution in [2.45, 2.75) is 69.7 Å². The molecule has 3 aliphatic heterocycles. The van der Waals surface area contributed by atoms with Crippen LogP contribution in [0.5, 0.6) is 0 Å². The van der Waals surface area contributed by atoms with Gasteiger partial charge in [0, 0.05) is 37.3 Å². The predicted molar refractivity (Wildman–Crippen MR) is 100 cm³/mol. The van der Waals surface area contributed by atoms with Crippen molar-refractivity contribution in [2.75, 3.05) is 20.1 Å². The van der Waals surface area contributed by atoms with E-state index >= 15 is 0 Å². The van der Waals surface area contributed by atoms with Crippen LogP contribution in [0.25, 0.3) is 0 Å². The van der Waals surface area contributed by atoms with Gasteiger partial charge in [0.1, 0.15) is 0 Å². The molecule has 4 rings (SSSR count). The Kier molecular flexibility index (Phi) is 4.93. The molecule has 1 N–H and O–H groups in total. The van der Waals surface area contributed by atoms with Gasteiger partial charge in [0.05, 0.1) is 0 Å². The molecule has 1 aromatic carbocycles. The van der Waals surface area contributed by atoms with Crippen molar-refractivity contribution < 1.29 is 0 Å². The zero-order valence-electron chi connectivity index (χ0n) is 15.3. The van der Waals surface area contributed by atoms with Crippen molar-refractivity contribution in [3.63, 3.8) is 0 Å². The Hall–Kier alpha value is -0.900. The minimum absolute atomic E-state index is 0.682. The van der Waals surface area contributed by atoms with Gasteiger partial charge in [-0.3, -0.25) is 4.90 Å². The maximum Gasteiger partial charge on any atom is 0.0237 e. The second kappa shape index (κ2) is 7.15. The van der Waals surface area contributed by atoms with Crippen molar-refractivity contribution in [2.24, 2.45) is 5.92 Å². The first-order valence-electron chi connectivity index (χ1n) is 9.92. The smallest absolute Gasteiger partial charge is 0.0237 e. The topological polar surface area (TPSA) is 18.5 Å². The van der Waals surface area contributed by atoms with Crippen LogP contribution in [0.1, 0.15) is 44.6 Å². The summed E-state index contributed by atoms with van der Waals surface area (Å²) in [5, 5.41) is 3.92. The van der Waals surface area contributed by atoms with Crippen LogP contribution in [0.15, 0.2) is 30.3 Å². The molecule has 3 saturated heterocycles. The van der Waals surface area contributed by atoms with Crippen molar-refractivity contribution in [1.82, 2.24) is 15.1 Å². The van der Waals surface area contributed by atoms with Gasteiger partial charge < -0.3 is 10.2 Å². The molecule has 0 aliphatic carbocycles. The fourth-order valence-corrected chi connectivity index (χ4v) is 5.31. The van der Waals surface area contributed by atoms with Gasteiger partial charge >= 0.3 is 0 Å². The Morgan fingerprint density at radius 3 is 2.46 bits per heavy atom. The highest BCUT2D eigenvalue weighted by molar-refractivity contribution is 5.15. The molecule has 3 nitrogen and oxygen atoms in total. The van der Waals surface area contributed by atoms with Crippen LogP contribution in [0.3, 0.4) is 0 Å². The first-order valence-corrected chi connectivity index (χ1v) is 9.92. The van der Waals surface area contributed by atoms with Crippen LogP contribution in [0.4, 0.5) is 0 Å². The Morgan fingerprint density at radius 2 is 1.75 bits per heavy atom. The predicted octanol–water partition coefficient (Wildman–Crippen LogP) is 3.11. The summed E-state index contributed by atoms with van der Waals surface area (Å²) in [7, 11) is 2.34. The minimum Gasteiger partial charge on any atom is -0.312 e. The van der Waals surface area contributed by atoms with Gasteiger partial charge in [0.15, 0.2) is 0 Å². The van der Waals surface area contributed by atoms with Crippen LogP contribution in [-0.2, 0) is 6.54 Å². The van der Waals surface area contributed by atoms with Crippen LogP contribution in [0, 0.1) is 5.92 Å². The third-order valence-corrected chi connectivity index (χ3v) is 6.82. The molecule has 3 fully saturated rings. The quantitative estimate of drug-likeness (QED) is 0.896. The highest BCUT2D eigenvalue weighted by atomic mass is 15.2. The molecule has 2 bridgehead atoms. The summed E-state index contributed by atoms with van der Waals surface area (Å²) < 4.78 is 0. The lowest BCUT2D eigenvalue weighted by molar-refractivity contribution is 0.131. The molecule has 24 heavy (non-hydrogen) atoms. The molecule has 3 aliphatic rings. The lowest BCUT2D eigenvalue weighted by Gasteiger charge is -2.36. The highest BCUT2D eigenvalue weighted by Crippen LogP contribution is 2.37. The number of fused-ring (bicyclic) bond motifs is 2. The largest absolute Gasteiger partial charge is 0.312 e. The summed E-state index contributed by atoms with van der Waals surface area (Å²) in [5.74, 6) is 0.900. The van der Waals surface area contributed by atoms with Gasteiger partial charge in [-0.2, -0.15) is 0 Å². The number of likely N-dealkylation sites (tertiary alicyclic amines) is 1. The van der Waals surface area contributed by atoms with Gasteiger partial charge in [0.25, 0.3) is 0 Å². The number of nitrogens with one attached hydrogen (secondary N) is 1. The maximum absolute atomic E-state index is 3.92. The summed E-state index contributed by atoms with van der Waals surface area (Å²) in [6, 6.07) is 14.0. The molecule has 0 aromatic heterocycles. The summed E-state index contributed by atoms with van der Waals surface area (Å²) in [6.07, 6.45) is 6.99. The van der Waals surface area contributed by atoms with E-state index in [1.54, 1.807) is 0 Å². The van der Waals surface area contributed by atoms with Gasteiger partial charge in [0.2, 0.25) is 0 Å². The summed E-state index contributed by atoms with van der Waals surface area (Å²) >= 11 is 0. The molecule has 4 atom stereocenters. The Bertz CT molecular complexity index is 517. The second-order valence-corrected chi connectivity index (χ2v) is 8.49. The average Bonchev–Trinajstić information content (AvgIpc) is 3.02. The first kappa shape index (κ1) is 16.6. The Balaban J connectivity index is 1.25. The molecule has 3 heterocycles. The molecule has 0 saturated carbocycles. The van der Waals surface area contributed by atoms with E-state index in [-0.39, 0.29) is 0 Å². The number of hydrogen-bond acceptors (Lipinski definition) is 3. The Morgan fingerprint density at radius 1 is 1.04 bits per heavy atom. The lowest BCUT2D eigenvalue weighted by atomic mass is 9.91. The fraction of sp³-hybridized carbons (Fsp3) is 0.714. The lowest BCUT2D eigenvalue weighted by Crippen LogP contribution is -2.44. The molecular weight excluding hydrogens is 294 g/mol. The van der Waals surface area contributed by atoms with Crippen LogP contribution in [-0.4, -0.2) is 54.1 Å².